The second-order valence-corrected chi connectivity index (χ2v) is 9.35. The molecule has 0 saturated carbocycles. The molecule has 41 heavy (non-hydrogen) atoms. The Balaban J connectivity index is 1.03. The van der Waals surface area contributed by atoms with Crippen LogP contribution in [0.25, 0.3) is 0 Å². The number of nitrogens with zero attached hydrogens (tertiary/aromatic N) is 2. The molecule has 0 bridgehead atoms. The van der Waals surface area contributed by atoms with Crippen LogP contribution in [0.5, 0.6) is 23.0 Å². The molecule has 2 aliphatic rings. The fraction of sp³-hybridized carbons (Fsp3) is 0. The Bertz CT molecular complexity index is 1550. The van der Waals surface area contributed by atoms with E-state index in [1.54, 1.807) is 48.5 Å². The van der Waals surface area contributed by atoms with E-state index in [0.717, 1.165) is 28.0 Å². The number of benzene rings is 4. The Morgan fingerprint density at radius 2 is 0.659 bits per heavy atom. The number of anilines is 2. The molecule has 9 heteroatoms. The average Bonchev–Trinajstić information content (AvgIpc) is 3.50. The first-order valence-electron chi connectivity index (χ1n) is 12.8. The van der Waals surface area contributed by atoms with Gasteiger partial charge in [-0.25, -0.2) is 9.80 Å². The van der Waals surface area contributed by atoms with Gasteiger partial charge in [0.2, 0.25) is 0 Å². The van der Waals surface area contributed by atoms with E-state index in [1.165, 1.54) is 24.3 Å². The molecular weight excluding hydrogens is 519 g/mol. The van der Waals surface area contributed by atoms with Crippen molar-refractivity contribution in [1.29, 1.82) is 0 Å². The summed E-state index contributed by atoms with van der Waals surface area (Å²) in [6.45, 7) is 0. The van der Waals surface area contributed by atoms with Crippen LogP contribution < -0.4 is 30.2 Å². The SMILES string of the molecule is O=C1C=CC(=O)N1c1ccc(Oc2ccc(Bc3ccc(Oc4ccc(N5C(=O)C=CC5=O)cc4)cc3)cc2)cc1. The molecule has 0 saturated heterocycles. The predicted octanol–water partition coefficient (Wildman–Crippen LogP) is 3.52. The molecule has 6 rings (SSSR count). The second kappa shape index (κ2) is 10.8. The first kappa shape index (κ1) is 25.6. The van der Waals surface area contributed by atoms with Crippen molar-refractivity contribution in [2.75, 3.05) is 9.80 Å². The summed E-state index contributed by atoms with van der Waals surface area (Å²) >= 11 is 0. The molecule has 0 unspecified atom stereocenters. The summed E-state index contributed by atoms with van der Waals surface area (Å²) in [6, 6.07) is 29.1. The summed E-state index contributed by atoms with van der Waals surface area (Å²) in [6.07, 6.45) is 5.00. The van der Waals surface area contributed by atoms with Crippen LogP contribution in [0.3, 0.4) is 0 Å². The van der Waals surface area contributed by atoms with Crippen molar-refractivity contribution >= 4 is 53.2 Å². The van der Waals surface area contributed by atoms with Crippen molar-refractivity contribution in [2.45, 2.75) is 0 Å². The lowest BCUT2D eigenvalue weighted by Gasteiger charge is -2.14. The van der Waals surface area contributed by atoms with Gasteiger partial charge in [-0.05, 0) is 72.8 Å². The summed E-state index contributed by atoms with van der Waals surface area (Å²) in [4.78, 5) is 49.6. The Kier molecular flexibility index (Phi) is 6.75. The molecule has 0 aromatic heterocycles. The van der Waals surface area contributed by atoms with Gasteiger partial charge in [0.15, 0.2) is 7.28 Å². The van der Waals surface area contributed by atoms with Gasteiger partial charge >= 0.3 is 0 Å². The minimum absolute atomic E-state index is 0.360. The maximum atomic E-state index is 11.8. The predicted molar refractivity (Wildman–Crippen MR) is 156 cm³/mol. The molecule has 0 fully saturated rings. The van der Waals surface area contributed by atoms with Crippen molar-refractivity contribution in [2.24, 2.45) is 0 Å². The van der Waals surface area contributed by atoms with Gasteiger partial charge in [-0.15, -0.1) is 0 Å². The van der Waals surface area contributed by atoms with Crippen LogP contribution in [0.2, 0.25) is 0 Å². The van der Waals surface area contributed by atoms with E-state index in [9.17, 15) is 19.2 Å². The van der Waals surface area contributed by atoms with Crippen molar-refractivity contribution in [3.63, 3.8) is 0 Å². The first-order valence-corrected chi connectivity index (χ1v) is 12.8. The molecule has 0 N–H and O–H groups in total. The molecule has 4 amide bonds. The normalized spacial score (nSPS) is 14.2. The summed E-state index contributed by atoms with van der Waals surface area (Å²) in [5, 5.41) is 0. The van der Waals surface area contributed by atoms with Crippen molar-refractivity contribution in [3.05, 3.63) is 121 Å². The van der Waals surface area contributed by atoms with Crippen LogP contribution in [0.1, 0.15) is 0 Å². The van der Waals surface area contributed by atoms with Gasteiger partial charge in [0.1, 0.15) is 23.0 Å². The minimum atomic E-state index is -0.360. The van der Waals surface area contributed by atoms with Crippen LogP contribution in [0.15, 0.2) is 121 Å². The van der Waals surface area contributed by atoms with Crippen LogP contribution in [0, 0.1) is 0 Å². The van der Waals surface area contributed by atoms with Gasteiger partial charge in [-0.2, -0.15) is 0 Å². The van der Waals surface area contributed by atoms with Gasteiger partial charge in [-0.3, -0.25) is 19.2 Å². The molecule has 8 nitrogen and oxygen atoms in total. The number of rotatable bonds is 8. The summed E-state index contributed by atoms with van der Waals surface area (Å²) in [7, 11) is 0.724. The number of carbonyl (C=O) groups is 4. The average molecular weight is 540 g/mol. The van der Waals surface area contributed by atoms with E-state index in [1.807, 2.05) is 48.5 Å². The maximum absolute atomic E-state index is 11.8. The second-order valence-electron chi connectivity index (χ2n) is 9.35. The topological polar surface area (TPSA) is 93.2 Å². The molecule has 0 aliphatic carbocycles. The molecule has 2 aliphatic heterocycles. The third kappa shape index (κ3) is 5.55. The largest absolute Gasteiger partial charge is 0.457 e. The maximum Gasteiger partial charge on any atom is 0.258 e. The smallest absolute Gasteiger partial charge is 0.258 e. The van der Waals surface area contributed by atoms with Gasteiger partial charge in [0.25, 0.3) is 23.6 Å². The third-order valence-corrected chi connectivity index (χ3v) is 6.53. The monoisotopic (exact) mass is 540 g/mol. The molecule has 198 valence electrons. The summed E-state index contributed by atoms with van der Waals surface area (Å²) < 4.78 is 11.8. The molecule has 0 atom stereocenters. The quantitative estimate of drug-likeness (QED) is 0.251. The summed E-state index contributed by atoms with van der Waals surface area (Å²) in [5.41, 5.74) is 3.20. The molecule has 2 heterocycles. The minimum Gasteiger partial charge on any atom is -0.457 e. The Labute approximate surface area is 236 Å². The molecular formula is C32H21BN2O6. The molecule has 0 radical (unpaired) electrons. The van der Waals surface area contributed by atoms with Crippen molar-refractivity contribution in [1.82, 2.24) is 0 Å². The zero-order valence-corrected chi connectivity index (χ0v) is 21.6. The standard InChI is InChI=1S/C32H21BN2O6/c36-29-17-18-30(37)34(29)23-5-13-27(14-6-23)40-25-9-1-21(2-10-25)33-22-3-11-26(12-4-22)41-28-15-7-24(8-16-28)35-31(38)19-20-32(35)39/h1-20,33H. The fourth-order valence-electron chi connectivity index (χ4n) is 4.49. The van der Waals surface area contributed by atoms with E-state index >= 15 is 0 Å². The lowest BCUT2D eigenvalue weighted by Crippen LogP contribution is -2.29. The van der Waals surface area contributed by atoms with Crippen LogP contribution in [0.4, 0.5) is 11.4 Å². The van der Waals surface area contributed by atoms with E-state index in [-0.39, 0.29) is 23.6 Å². The lowest BCUT2D eigenvalue weighted by molar-refractivity contribution is -0.121. The number of ether oxygens (including phenoxy) is 2. The highest BCUT2D eigenvalue weighted by Crippen LogP contribution is 2.27. The van der Waals surface area contributed by atoms with Gasteiger partial charge in [0, 0.05) is 24.3 Å². The Hall–Kier alpha value is -5.70. The highest BCUT2D eigenvalue weighted by atomic mass is 16.5. The van der Waals surface area contributed by atoms with Crippen LogP contribution in [-0.4, -0.2) is 30.9 Å². The third-order valence-electron chi connectivity index (χ3n) is 6.53. The van der Waals surface area contributed by atoms with Crippen LogP contribution >= 0.6 is 0 Å². The van der Waals surface area contributed by atoms with E-state index in [2.05, 4.69) is 0 Å². The summed E-state index contributed by atoms with van der Waals surface area (Å²) in [5.74, 6) is 1.08. The van der Waals surface area contributed by atoms with Gasteiger partial charge < -0.3 is 9.47 Å². The van der Waals surface area contributed by atoms with E-state index < -0.39 is 0 Å². The van der Waals surface area contributed by atoms with Gasteiger partial charge in [-0.1, -0.05) is 35.2 Å². The number of amides is 4. The fourth-order valence-corrected chi connectivity index (χ4v) is 4.49. The Morgan fingerprint density at radius 1 is 0.390 bits per heavy atom. The Morgan fingerprint density at radius 3 is 0.951 bits per heavy atom. The zero-order chi connectivity index (χ0) is 28.3. The molecule has 0 spiro atoms. The van der Waals surface area contributed by atoms with Gasteiger partial charge in [0.05, 0.1) is 11.4 Å². The highest BCUT2D eigenvalue weighted by Gasteiger charge is 2.25. The highest BCUT2D eigenvalue weighted by molar-refractivity contribution is 6.67. The first-order chi connectivity index (χ1) is 19.9. The van der Waals surface area contributed by atoms with Crippen molar-refractivity contribution in [3.8, 4) is 23.0 Å². The number of carbonyl (C=O) groups excluding carboxylic acids is 4. The molecule has 4 aromatic carbocycles. The molecule has 4 aromatic rings. The number of hydrogen-bond acceptors (Lipinski definition) is 6. The zero-order valence-electron chi connectivity index (χ0n) is 21.6. The number of imide groups is 2. The van der Waals surface area contributed by atoms with Crippen molar-refractivity contribution < 1.29 is 28.7 Å². The number of hydrogen-bond donors (Lipinski definition) is 0. The lowest BCUT2D eigenvalue weighted by atomic mass is 9.64. The van der Waals surface area contributed by atoms with E-state index in [4.69, 9.17) is 9.47 Å². The van der Waals surface area contributed by atoms with E-state index in [0.29, 0.717) is 34.4 Å². The van der Waals surface area contributed by atoms with Crippen LogP contribution in [-0.2, 0) is 19.2 Å².